The van der Waals surface area contributed by atoms with Crippen LogP contribution in [0.3, 0.4) is 0 Å². The van der Waals surface area contributed by atoms with Crippen LogP contribution >= 0.6 is 23.2 Å². The summed E-state index contributed by atoms with van der Waals surface area (Å²) in [7, 11) is 0. The van der Waals surface area contributed by atoms with Crippen molar-refractivity contribution in [2.45, 2.75) is 13.5 Å². The van der Waals surface area contributed by atoms with Crippen molar-refractivity contribution in [2.24, 2.45) is 0 Å². The second kappa shape index (κ2) is 3.44. The molecule has 0 radical (unpaired) electrons. The maximum absolute atomic E-state index is 8.85. The van der Waals surface area contributed by atoms with E-state index < -0.39 is 0 Å². The Morgan fingerprint density at radius 1 is 1.36 bits per heavy atom. The molecule has 1 aromatic rings. The highest BCUT2D eigenvalue weighted by Gasteiger charge is 2.05. The Labute approximate surface area is 75.6 Å². The molecule has 0 unspecified atom stereocenters. The third-order valence-electron chi connectivity index (χ3n) is 1.54. The van der Waals surface area contributed by atoms with Crippen LogP contribution in [0.5, 0.6) is 0 Å². The summed E-state index contributed by atoms with van der Waals surface area (Å²) in [5.41, 5.74) is 1.54. The first kappa shape index (κ1) is 8.85. The molecule has 0 bridgehead atoms. The van der Waals surface area contributed by atoms with Gasteiger partial charge >= 0.3 is 0 Å². The van der Waals surface area contributed by atoms with Crippen molar-refractivity contribution in [3.8, 4) is 0 Å². The van der Waals surface area contributed by atoms with Crippen LogP contribution in [-0.2, 0) is 6.61 Å². The van der Waals surface area contributed by atoms with Crippen LogP contribution in [0.4, 0.5) is 0 Å². The largest absolute Gasteiger partial charge is 0.392 e. The molecule has 0 fully saturated rings. The SMILES string of the molecule is Cc1ccc(Cl)c(CO)c1Cl. The van der Waals surface area contributed by atoms with Crippen LogP contribution in [0.2, 0.25) is 10.0 Å². The number of rotatable bonds is 1. The average molecular weight is 191 g/mol. The van der Waals surface area contributed by atoms with E-state index in [9.17, 15) is 0 Å². The molecule has 0 saturated carbocycles. The Morgan fingerprint density at radius 3 is 2.45 bits per heavy atom. The van der Waals surface area contributed by atoms with Crippen LogP contribution in [0.25, 0.3) is 0 Å². The Hall–Kier alpha value is -0.240. The normalized spacial score (nSPS) is 10.2. The topological polar surface area (TPSA) is 20.2 Å². The standard InChI is InChI=1S/C8H8Cl2O/c1-5-2-3-7(9)6(4-11)8(5)10/h2-3,11H,4H2,1H3. The molecule has 1 aromatic carbocycles. The van der Waals surface area contributed by atoms with E-state index in [1.165, 1.54) is 0 Å². The fourth-order valence-corrected chi connectivity index (χ4v) is 1.35. The van der Waals surface area contributed by atoms with E-state index in [0.29, 0.717) is 15.6 Å². The van der Waals surface area contributed by atoms with Gasteiger partial charge in [0.25, 0.3) is 0 Å². The maximum atomic E-state index is 8.85. The lowest BCUT2D eigenvalue weighted by atomic mass is 10.1. The first-order valence-electron chi connectivity index (χ1n) is 3.21. The van der Waals surface area contributed by atoms with Gasteiger partial charge in [0, 0.05) is 10.6 Å². The van der Waals surface area contributed by atoms with Gasteiger partial charge in [-0.3, -0.25) is 0 Å². The molecule has 0 aliphatic carbocycles. The third kappa shape index (κ3) is 1.67. The highest BCUT2D eigenvalue weighted by atomic mass is 35.5. The van der Waals surface area contributed by atoms with Crippen LogP contribution in [0, 0.1) is 6.92 Å². The fourth-order valence-electron chi connectivity index (χ4n) is 0.860. The molecule has 0 atom stereocenters. The second-order valence-corrected chi connectivity index (χ2v) is 3.10. The van der Waals surface area contributed by atoms with Crippen molar-refractivity contribution in [3.05, 3.63) is 33.3 Å². The molecule has 0 heterocycles. The molecule has 0 aliphatic heterocycles. The van der Waals surface area contributed by atoms with Crippen molar-refractivity contribution in [1.29, 1.82) is 0 Å². The van der Waals surface area contributed by atoms with Crippen molar-refractivity contribution in [1.82, 2.24) is 0 Å². The van der Waals surface area contributed by atoms with Gasteiger partial charge in [-0.05, 0) is 18.6 Å². The minimum atomic E-state index is -0.112. The molecule has 11 heavy (non-hydrogen) atoms. The fraction of sp³-hybridized carbons (Fsp3) is 0.250. The number of aryl methyl sites for hydroxylation is 1. The zero-order chi connectivity index (χ0) is 8.43. The smallest absolute Gasteiger partial charge is 0.0711 e. The molecule has 1 rings (SSSR count). The van der Waals surface area contributed by atoms with E-state index in [2.05, 4.69) is 0 Å². The summed E-state index contributed by atoms with van der Waals surface area (Å²) >= 11 is 11.6. The summed E-state index contributed by atoms with van der Waals surface area (Å²) in [6.45, 7) is 1.76. The first-order chi connectivity index (χ1) is 5.16. The monoisotopic (exact) mass is 190 g/mol. The van der Waals surface area contributed by atoms with Gasteiger partial charge in [-0.1, -0.05) is 29.3 Å². The molecule has 0 amide bonds. The number of aliphatic hydroxyl groups is 1. The Kier molecular flexibility index (Phi) is 2.77. The summed E-state index contributed by atoms with van der Waals surface area (Å²) in [6, 6.07) is 3.55. The predicted molar refractivity (Wildman–Crippen MR) is 47.1 cm³/mol. The zero-order valence-electron chi connectivity index (χ0n) is 6.06. The number of aliphatic hydroxyl groups excluding tert-OH is 1. The van der Waals surface area contributed by atoms with E-state index in [1.807, 2.05) is 13.0 Å². The highest BCUT2D eigenvalue weighted by Crippen LogP contribution is 2.27. The van der Waals surface area contributed by atoms with Crippen molar-refractivity contribution >= 4 is 23.2 Å². The van der Waals surface area contributed by atoms with Crippen molar-refractivity contribution in [3.63, 3.8) is 0 Å². The Bertz CT molecular complexity index is 271. The number of benzene rings is 1. The van der Waals surface area contributed by atoms with E-state index in [-0.39, 0.29) is 6.61 Å². The van der Waals surface area contributed by atoms with Crippen LogP contribution in [0.1, 0.15) is 11.1 Å². The van der Waals surface area contributed by atoms with Crippen molar-refractivity contribution < 1.29 is 5.11 Å². The lowest BCUT2D eigenvalue weighted by Crippen LogP contribution is -1.88. The molecule has 1 nitrogen and oxygen atoms in total. The van der Waals surface area contributed by atoms with E-state index >= 15 is 0 Å². The van der Waals surface area contributed by atoms with E-state index in [0.717, 1.165) is 5.56 Å². The Morgan fingerprint density at radius 2 is 2.00 bits per heavy atom. The van der Waals surface area contributed by atoms with Gasteiger partial charge in [-0.25, -0.2) is 0 Å². The average Bonchev–Trinajstić information content (AvgIpc) is 1.99. The van der Waals surface area contributed by atoms with Gasteiger partial charge in [0.2, 0.25) is 0 Å². The van der Waals surface area contributed by atoms with E-state index in [1.54, 1.807) is 6.07 Å². The molecule has 0 aromatic heterocycles. The summed E-state index contributed by atoms with van der Waals surface area (Å²) in [5, 5.41) is 9.93. The van der Waals surface area contributed by atoms with Gasteiger partial charge < -0.3 is 5.11 Å². The lowest BCUT2D eigenvalue weighted by molar-refractivity contribution is 0.282. The summed E-state index contributed by atoms with van der Waals surface area (Å²) in [6.07, 6.45) is 0. The predicted octanol–water partition coefficient (Wildman–Crippen LogP) is 2.79. The van der Waals surface area contributed by atoms with Gasteiger partial charge in [0.15, 0.2) is 0 Å². The number of hydrogen-bond acceptors (Lipinski definition) is 1. The molecule has 60 valence electrons. The molecule has 3 heteroatoms. The quantitative estimate of drug-likeness (QED) is 0.723. The number of hydrogen-bond donors (Lipinski definition) is 1. The van der Waals surface area contributed by atoms with Gasteiger partial charge in [0.1, 0.15) is 0 Å². The molecule has 0 aliphatic rings. The van der Waals surface area contributed by atoms with Gasteiger partial charge in [-0.15, -0.1) is 0 Å². The Balaban J connectivity index is 3.29. The minimum absolute atomic E-state index is 0.112. The zero-order valence-corrected chi connectivity index (χ0v) is 7.58. The molecule has 1 N–H and O–H groups in total. The van der Waals surface area contributed by atoms with Crippen molar-refractivity contribution in [2.75, 3.05) is 0 Å². The molecular weight excluding hydrogens is 183 g/mol. The van der Waals surface area contributed by atoms with Crippen LogP contribution < -0.4 is 0 Å². The molecular formula is C8H8Cl2O. The summed E-state index contributed by atoms with van der Waals surface area (Å²) < 4.78 is 0. The molecule has 0 spiro atoms. The summed E-state index contributed by atoms with van der Waals surface area (Å²) in [4.78, 5) is 0. The number of halogens is 2. The minimum Gasteiger partial charge on any atom is -0.392 e. The second-order valence-electron chi connectivity index (χ2n) is 2.31. The van der Waals surface area contributed by atoms with Gasteiger partial charge in [-0.2, -0.15) is 0 Å². The first-order valence-corrected chi connectivity index (χ1v) is 3.96. The third-order valence-corrected chi connectivity index (χ3v) is 2.42. The van der Waals surface area contributed by atoms with Crippen LogP contribution in [0.15, 0.2) is 12.1 Å². The summed E-state index contributed by atoms with van der Waals surface area (Å²) in [5.74, 6) is 0. The molecule has 0 saturated heterocycles. The van der Waals surface area contributed by atoms with Crippen LogP contribution in [-0.4, -0.2) is 5.11 Å². The van der Waals surface area contributed by atoms with E-state index in [4.69, 9.17) is 28.3 Å². The van der Waals surface area contributed by atoms with Gasteiger partial charge in [0.05, 0.1) is 11.6 Å². The maximum Gasteiger partial charge on any atom is 0.0711 e. The lowest BCUT2D eigenvalue weighted by Gasteiger charge is -2.05. The highest BCUT2D eigenvalue weighted by molar-refractivity contribution is 6.36.